The van der Waals surface area contributed by atoms with Gasteiger partial charge in [0.25, 0.3) is 0 Å². The van der Waals surface area contributed by atoms with Crippen molar-refractivity contribution >= 4 is 21.9 Å². The fraction of sp³-hybridized carbons (Fsp3) is 0.350. The summed E-state index contributed by atoms with van der Waals surface area (Å²) in [4.78, 5) is 11.7. The van der Waals surface area contributed by atoms with Crippen LogP contribution in [0.25, 0.3) is 0 Å². The van der Waals surface area contributed by atoms with Crippen LogP contribution in [0.3, 0.4) is 0 Å². The van der Waals surface area contributed by atoms with Crippen molar-refractivity contribution in [3.05, 3.63) is 51.5 Å². The maximum absolute atomic E-state index is 11.7. The van der Waals surface area contributed by atoms with Crippen molar-refractivity contribution in [2.75, 3.05) is 7.11 Å². The molecule has 0 bridgehead atoms. The summed E-state index contributed by atoms with van der Waals surface area (Å²) in [5.41, 5.74) is 3.16. The minimum atomic E-state index is -0.293. The highest BCUT2D eigenvalue weighted by molar-refractivity contribution is 9.10. The van der Waals surface area contributed by atoms with Crippen LogP contribution in [0.4, 0.5) is 0 Å². The molecule has 0 heterocycles. The number of methoxy groups -OCH3 is 1. The Morgan fingerprint density at radius 1 is 1.12 bits per heavy atom. The van der Waals surface area contributed by atoms with Crippen LogP contribution in [-0.4, -0.2) is 13.1 Å². The number of carbonyl (C=O) groups excluding carboxylic acids is 1. The van der Waals surface area contributed by atoms with Gasteiger partial charge in [-0.2, -0.15) is 0 Å². The van der Waals surface area contributed by atoms with Crippen LogP contribution in [0.2, 0.25) is 0 Å². The normalized spacial score (nSPS) is 10.4. The van der Waals surface area contributed by atoms with Gasteiger partial charge in [-0.05, 0) is 64.7 Å². The van der Waals surface area contributed by atoms with Crippen LogP contribution in [0, 0.1) is 6.92 Å². The molecule has 0 saturated heterocycles. The molecule has 0 fully saturated rings. The first-order chi connectivity index (χ1) is 12.0. The van der Waals surface area contributed by atoms with Crippen molar-refractivity contribution in [3.8, 4) is 17.2 Å². The second kappa shape index (κ2) is 8.90. The van der Waals surface area contributed by atoms with E-state index in [-0.39, 0.29) is 12.6 Å². The first-order valence-electron chi connectivity index (χ1n) is 8.28. The van der Waals surface area contributed by atoms with E-state index in [1.165, 1.54) is 11.1 Å². The number of carbonyl (C=O) groups is 1. The Balaban J connectivity index is 2.28. The number of aryl methyl sites for hydroxylation is 2. The summed E-state index contributed by atoms with van der Waals surface area (Å²) in [5.74, 6) is 1.54. The fourth-order valence-electron chi connectivity index (χ4n) is 2.51. The van der Waals surface area contributed by atoms with Crippen molar-refractivity contribution in [2.24, 2.45) is 0 Å². The Hall–Kier alpha value is -2.01. The molecule has 0 aliphatic heterocycles. The monoisotopic (exact) mass is 406 g/mol. The lowest BCUT2D eigenvalue weighted by molar-refractivity contribution is -0.134. The third-order valence-electron chi connectivity index (χ3n) is 3.97. The second-order valence-electron chi connectivity index (χ2n) is 5.62. The van der Waals surface area contributed by atoms with E-state index in [9.17, 15) is 4.79 Å². The summed E-state index contributed by atoms with van der Waals surface area (Å²) < 4.78 is 17.7. The number of hydrogen-bond donors (Lipinski definition) is 0. The molecule has 0 atom stereocenters. The van der Waals surface area contributed by atoms with Gasteiger partial charge in [0.2, 0.25) is 0 Å². The maximum atomic E-state index is 11.7. The standard InChI is InChI=1S/C20H23BrO4/c1-5-14-11-16(21)19(10-13(14)3)24-12-15-17(23-4)8-7-9-18(15)25-20(22)6-2/h7-11H,5-6,12H2,1-4H3. The number of hydrogen-bond acceptors (Lipinski definition) is 4. The largest absolute Gasteiger partial charge is 0.496 e. The molecule has 0 radical (unpaired) electrons. The summed E-state index contributed by atoms with van der Waals surface area (Å²) in [6.07, 6.45) is 1.27. The highest BCUT2D eigenvalue weighted by Gasteiger charge is 2.15. The maximum Gasteiger partial charge on any atom is 0.310 e. The fourth-order valence-corrected chi connectivity index (χ4v) is 3.01. The van der Waals surface area contributed by atoms with Gasteiger partial charge in [-0.25, -0.2) is 0 Å². The third-order valence-corrected chi connectivity index (χ3v) is 4.59. The van der Waals surface area contributed by atoms with E-state index in [0.717, 1.165) is 16.6 Å². The molecule has 0 unspecified atom stereocenters. The van der Waals surface area contributed by atoms with Gasteiger partial charge in [0.05, 0.1) is 17.1 Å². The van der Waals surface area contributed by atoms with Crippen LogP contribution >= 0.6 is 15.9 Å². The zero-order valence-corrected chi connectivity index (χ0v) is 16.6. The van der Waals surface area contributed by atoms with E-state index < -0.39 is 0 Å². The molecule has 2 aromatic carbocycles. The van der Waals surface area contributed by atoms with Gasteiger partial charge in [0.1, 0.15) is 23.9 Å². The Labute approximate surface area is 157 Å². The first-order valence-corrected chi connectivity index (χ1v) is 9.07. The number of rotatable bonds is 7. The lowest BCUT2D eigenvalue weighted by atomic mass is 10.1. The van der Waals surface area contributed by atoms with Crippen LogP contribution in [-0.2, 0) is 17.8 Å². The van der Waals surface area contributed by atoms with Crippen molar-refractivity contribution in [2.45, 2.75) is 40.2 Å². The SMILES string of the molecule is CCC(=O)Oc1cccc(OC)c1COc1cc(C)c(CC)cc1Br. The Bertz CT molecular complexity index is 756. The van der Waals surface area contributed by atoms with Gasteiger partial charge in [0.15, 0.2) is 0 Å². The predicted molar refractivity (Wildman–Crippen MR) is 102 cm³/mol. The Kier molecular flexibility index (Phi) is 6.88. The summed E-state index contributed by atoms with van der Waals surface area (Å²) in [5, 5.41) is 0. The van der Waals surface area contributed by atoms with Gasteiger partial charge >= 0.3 is 5.97 Å². The Morgan fingerprint density at radius 2 is 1.84 bits per heavy atom. The molecule has 2 aromatic rings. The van der Waals surface area contributed by atoms with Crippen molar-refractivity contribution in [1.82, 2.24) is 0 Å². The summed E-state index contributed by atoms with van der Waals surface area (Å²) in [6.45, 7) is 6.18. The summed E-state index contributed by atoms with van der Waals surface area (Å²) in [7, 11) is 1.58. The average Bonchev–Trinajstić information content (AvgIpc) is 2.62. The molecular formula is C20H23BrO4. The first kappa shape index (κ1) is 19.3. The molecule has 2 rings (SSSR count). The summed E-state index contributed by atoms with van der Waals surface area (Å²) >= 11 is 3.56. The van der Waals surface area contributed by atoms with Gasteiger partial charge in [0, 0.05) is 6.42 Å². The molecule has 0 aliphatic rings. The smallest absolute Gasteiger partial charge is 0.310 e. The number of benzene rings is 2. The molecule has 0 spiro atoms. The number of ether oxygens (including phenoxy) is 3. The molecule has 0 saturated carbocycles. The topological polar surface area (TPSA) is 44.8 Å². The van der Waals surface area contributed by atoms with E-state index in [4.69, 9.17) is 14.2 Å². The lowest BCUT2D eigenvalue weighted by Gasteiger charge is -2.16. The second-order valence-corrected chi connectivity index (χ2v) is 6.47. The quantitative estimate of drug-likeness (QED) is 0.466. The van der Waals surface area contributed by atoms with E-state index >= 15 is 0 Å². The predicted octanol–water partition coefficient (Wildman–Crippen LogP) is 5.22. The highest BCUT2D eigenvalue weighted by atomic mass is 79.9. The Morgan fingerprint density at radius 3 is 2.48 bits per heavy atom. The van der Waals surface area contributed by atoms with Crippen LogP contribution in [0.5, 0.6) is 17.2 Å². The third kappa shape index (κ3) is 4.75. The highest BCUT2D eigenvalue weighted by Crippen LogP contribution is 2.33. The van der Waals surface area contributed by atoms with E-state index in [1.807, 2.05) is 12.1 Å². The lowest BCUT2D eigenvalue weighted by Crippen LogP contribution is -2.09. The van der Waals surface area contributed by atoms with Crippen LogP contribution < -0.4 is 14.2 Å². The van der Waals surface area contributed by atoms with Crippen molar-refractivity contribution < 1.29 is 19.0 Å². The zero-order valence-electron chi connectivity index (χ0n) is 15.0. The molecule has 0 amide bonds. The van der Waals surface area contributed by atoms with Crippen LogP contribution in [0.1, 0.15) is 37.0 Å². The summed E-state index contributed by atoms with van der Waals surface area (Å²) in [6, 6.07) is 9.44. The zero-order chi connectivity index (χ0) is 18.4. The molecule has 0 N–H and O–H groups in total. The van der Waals surface area contributed by atoms with Crippen molar-refractivity contribution in [3.63, 3.8) is 0 Å². The molecule has 4 nitrogen and oxygen atoms in total. The van der Waals surface area contributed by atoms with Crippen LogP contribution in [0.15, 0.2) is 34.8 Å². The van der Waals surface area contributed by atoms with Gasteiger partial charge in [-0.15, -0.1) is 0 Å². The number of esters is 1. The minimum Gasteiger partial charge on any atom is -0.496 e. The molecule has 0 aromatic heterocycles. The van der Waals surface area contributed by atoms with Gasteiger partial charge in [-0.1, -0.05) is 19.9 Å². The van der Waals surface area contributed by atoms with Gasteiger partial charge < -0.3 is 14.2 Å². The molecule has 25 heavy (non-hydrogen) atoms. The molecule has 5 heteroatoms. The average molecular weight is 407 g/mol. The molecule has 0 aliphatic carbocycles. The van der Waals surface area contributed by atoms with E-state index in [1.54, 1.807) is 26.2 Å². The number of halogens is 1. The van der Waals surface area contributed by atoms with Crippen molar-refractivity contribution in [1.29, 1.82) is 0 Å². The van der Waals surface area contributed by atoms with Gasteiger partial charge in [-0.3, -0.25) is 4.79 Å². The minimum absolute atomic E-state index is 0.236. The van der Waals surface area contributed by atoms with E-state index in [0.29, 0.717) is 23.5 Å². The van der Waals surface area contributed by atoms with E-state index in [2.05, 4.69) is 35.8 Å². The molecule has 134 valence electrons. The molecular weight excluding hydrogens is 384 g/mol.